The highest BCUT2D eigenvalue weighted by molar-refractivity contribution is 5.88. The Labute approximate surface area is 177 Å². The van der Waals surface area contributed by atoms with Gasteiger partial charge in [0.15, 0.2) is 0 Å². The maximum absolute atomic E-state index is 12.0. The summed E-state index contributed by atoms with van der Waals surface area (Å²) in [6.07, 6.45) is 5.13. The van der Waals surface area contributed by atoms with Gasteiger partial charge in [0.2, 0.25) is 0 Å². The van der Waals surface area contributed by atoms with E-state index in [9.17, 15) is 4.79 Å². The van der Waals surface area contributed by atoms with Gasteiger partial charge in [-0.25, -0.2) is 4.79 Å². The Hall–Kier alpha value is -2.79. The van der Waals surface area contributed by atoms with Gasteiger partial charge in [-0.2, -0.15) is 0 Å². The maximum Gasteiger partial charge on any atom is 0.407 e. The normalized spacial score (nSPS) is 23.2. The standard InChI is InChI=1S/C25H29N3O2/c1-28-15-18(10-11-26-25(29)30-16-17-6-3-2-4-7-17)12-21-20-8-5-9-22-24(20)19(14-27-22)13-23(21)28/h2-9,14,18,21,23,27H,10-13,15-16H2,1H3,(H,26,29)/t18-,21-,23-/m1/s1. The lowest BCUT2D eigenvalue weighted by molar-refractivity contribution is 0.106. The molecule has 5 rings (SSSR count). The number of fused-ring (bicyclic) bond motifs is 2. The van der Waals surface area contributed by atoms with Crippen LogP contribution in [0.5, 0.6) is 0 Å². The molecular formula is C25H29N3O2. The first-order valence-electron chi connectivity index (χ1n) is 10.9. The fourth-order valence-electron chi connectivity index (χ4n) is 5.42. The second-order valence-electron chi connectivity index (χ2n) is 8.78. The molecule has 1 aromatic heterocycles. The number of nitrogens with one attached hydrogen (secondary N) is 2. The molecule has 2 N–H and O–H groups in total. The Bertz CT molecular complexity index is 1030. The summed E-state index contributed by atoms with van der Waals surface area (Å²) < 4.78 is 5.33. The zero-order chi connectivity index (χ0) is 20.5. The number of carbonyl (C=O) groups is 1. The number of aromatic nitrogens is 1. The lowest BCUT2D eigenvalue weighted by atomic mass is 9.72. The highest BCUT2D eigenvalue weighted by Crippen LogP contribution is 2.44. The van der Waals surface area contributed by atoms with E-state index in [1.807, 2.05) is 30.3 Å². The van der Waals surface area contributed by atoms with Crippen molar-refractivity contribution >= 4 is 17.0 Å². The van der Waals surface area contributed by atoms with Crippen LogP contribution in [-0.4, -0.2) is 42.2 Å². The highest BCUT2D eigenvalue weighted by Gasteiger charge is 2.39. The minimum atomic E-state index is -0.333. The van der Waals surface area contributed by atoms with E-state index in [-0.39, 0.29) is 6.09 Å². The molecule has 30 heavy (non-hydrogen) atoms. The third-order valence-electron chi connectivity index (χ3n) is 6.85. The predicted molar refractivity (Wildman–Crippen MR) is 119 cm³/mol. The van der Waals surface area contributed by atoms with Crippen LogP contribution in [0.3, 0.4) is 0 Å². The number of carbonyl (C=O) groups excluding carboxylic acids is 1. The zero-order valence-corrected chi connectivity index (χ0v) is 17.4. The summed E-state index contributed by atoms with van der Waals surface area (Å²) in [6.45, 7) is 2.05. The molecule has 0 saturated carbocycles. The molecule has 0 radical (unpaired) electrons. The Kier molecular flexibility index (Phi) is 5.21. The maximum atomic E-state index is 12.0. The Morgan fingerprint density at radius 1 is 1.20 bits per heavy atom. The fraction of sp³-hybridized carbons (Fsp3) is 0.400. The molecule has 1 fully saturated rings. The van der Waals surface area contributed by atoms with Gasteiger partial charge in [0.25, 0.3) is 0 Å². The summed E-state index contributed by atoms with van der Waals surface area (Å²) >= 11 is 0. The van der Waals surface area contributed by atoms with Crippen molar-refractivity contribution in [3.8, 4) is 0 Å². The molecule has 1 saturated heterocycles. The van der Waals surface area contributed by atoms with Crippen molar-refractivity contribution in [2.45, 2.75) is 37.8 Å². The summed E-state index contributed by atoms with van der Waals surface area (Å²) in [5, 5.41) is 4.37. The average molecular weight is 404 g/mol. The van der Waals surface area contributed by atoms with E-state index in [1.54, 1.807) is 0 Å². The number of ether oxygens (including phenoxy) is 1. The van der Waals surface area contributed by atoms with E-state index in [0.29, 0.717) is 31.0 Å². The van der Waals surface area contributed by atoms with E-state index >= 15 is 0 Å². The molecule has 5 heteroatoms. The number of piperidine rings is 1. The fourth-order valence-corrected chi connectivity index (χ4v) is 5.42. The smallest absolute Gasteiger partial charge is 0.407 e. The van der Waals surface area contributed by atoms with Gasteiger partial charge in [-0.3, -0.25) is 0 Å². The van der Waals surface area contributed by atoms with Crippen LogP contribution >= 0.6 is 0 Å². The zero-order valence-electron chi connectivity index (χ0n) is 17.4. The van der Waals surface area contributed by atoms with Gasteiger partial charge in [0, 0.05) is 42.1 Å². The number of alkyl carbamates (subject to hydrolysis) is 1. The number of rotatable bonds is 5. The third-order valence-corrected chi connectivity index (χ3v) is 6.85. The van der Waals surface area contributed by atoms with E-state index in [4.69, 9.17) is 4.74 Å². The molecule has 1 aliphatic carbocycles. The second kappa shape index (κ2) is 8.15. The van der Waals surface area contributed by atoms with Crippen molar-refractivity contribution in [1.29, 1.82) is 0 Å². The Balaban J connectivity index is 1.17. The van der Waals surface area contributed by atoms with Crippen molar-refractivity contribution in [1.82, 2.24) is 15.2 Å². The van der Waals surface area contributed by atoms with Gasteiger partial charge in [-0.1, -0.05) is 42.5 Å². The van der Waals surface area contributed by atoms with Crippen molar-refractivity contribution in [3.63, 3.8) is 0 Å². The van der Waals surface area contributed by atoms with E-state index in [1.165, 1.54) is 28.5 Å². The van der Waals surface area contributed by atoms with E-state index in [2.05, 4.69) is 46.6 Å². The van der Waals surface area contributed by atoms with Crippen LogP contribution in [0.2, 0.25) is 0 Å². The van der Waals surface area contributed by atoms with E-state index in [0.717, 1.165) is 24.9 Å². The molecule has 2 aliphatic rings. The minimum Gasteiger partial charge on any atom is -0.445 e. The number of amides is 1. The van der Waals surface area contributed by atoms with Crippen molar-refractivity contribution in [2.24, 2.45) is 5.92 Å². The monoisotopic (exact) mass is 403 g/mol. The average Bonchev–Trinajstić information content (AvgIpc) is 3.18. The van der Waals surface area contributed by atoms with E-state index < -0.39 is 0 Å². The molecule has 3 atom stereocenters. The van der Waals surface area contributed by atoms with Crippen LogP contribution in [0.4, 0.5) is 4.79 Å². The number of aromatic amines is 1. The molecular weight excluding hydrogens is 374 g/mol. The molecule has 0 unspecified atom stereocenters. The summed E-state index contributed by atoms with van der Waals surface area (Å²) in [5.74, 6) is 1.13. The first kappa shape index (κ1) is 19.2. The third kappa shape index (κ3) is 3.70. The molecule has 5 nitrogen and oxygen atoms in total. The molecule has 2 heterocycles. The molecule has 1 aliphatic heterocycles. The summed E-state index contributed by atoms with van der Waals surface area (Å²) in [4.78, 5) is 18.0. The summed E-state index contributed by atoms with van der Waals surface area (Å²) in [5.41, 5.74) is 5.21. The number of hydrogen-bond acceptors (Lipinski definition) is 3. The molecule has 3 aromatic rings. The number of hydrogen-bond donors (Lipinski definition) is 2. The number of likely N-dealkylation sites (tertiary alicyclic amines) is 1. The van der Waals surface area contributed by atoms with Crippen LogP contribution < -0.4 is 5.32 Å². The quantitative estimate of drug-likeness (QED) is 0.662. The predicted octanol–water partition coefficient (Wildman–Crippen LogP) is 4.44. The van der Waals surface area contributed by atoms with Crippen molar-refractivity contribution in [2.75, 3.05) is 20.1 Å². The first-order valence-corrected chi connectivity index (χ1v) is 10.9. The molecule has 156 valence electrons. The largest absolute Gasteiger partial charge is 0.445 e. The van der Waals surface area contributed by atoms with Gasteiger partial charge >= 0.3 is 6.09 Å². The lowest BCUT2D eigenvalue weighted by Crippen LogP contribution is -2.48. The summed E-state index contributed by atoms with van der Waals surface area (Å²) in [6, 6.07) is 17.0. The molecule has 0 spiro atoms. The van der Waals surface area contributed by atoms with Gasteiger partial charge < -0.3 is 19.9 Å². The van der Waals surface area contributed by atoms with Crippen LogP contribution in [0.1, 0.15) is 35.4 Å². The number of H-pyrrole nitrogens is 1. The lowest BCUT2D eigenvalue weighted by Gasteiger charge is -2.45. The number of nitrogens with zero attached hydrogens (tertiary/aromatic N) is 1. The highest BCUT2D eigenvalue weighted by atomic mass is 16.5. The SMILES string of the molecule is CN1C[C@H](CCNC(=O)OCc2ccccc2)C[C@@H]2c3cccc4[nH]cc(c34)C[C@H]21. The van der Waals surface area contributed by atoms with Gasteiger partial charge in [0.05, 0.1) is 0 Å². The Morgan fingerprint density at radius 3 is 2.93 bits per heavy atom. The van der Waals surface area contributed by atoms with Gasteiger partial charge in [-0.05, 0) is 55.0 Å². The molecule has 0 bridgehead atoms. The van der Waals surface area contributed by atoms with Crippen LogP contribution in [0.15, 0.2) is 54.7 Å². The van der Waals surface area contributed by atoms with Crippen molar-refractivity contribution < 1.29 is 9.53 Å². The van der Waals surface area contributed by atoms with Crippen molar-refractivity contribution in [3.05, 3.63) is 71.4 Å². The number of likely N-dealkylation sites (N-methyl/N-ethyl adjacent to an activating group) is 1. The first-order chi connectivity index (χ1) is 14.7. The number of benzene rings is 2. The van der Waals surface area contributed by atoms with Crippen LogP contribution in [0.25, 0.3) is 10.9 Å². The van der Waals surface area contributed by atoms with Gasteiger partial charge in [0.1, 0.15) is 6.61 Å². The second-order valence-corrected chi connectivity index (χ2v) is 8.78. The summed E-state index contributed by atoms with van der Waals surface area (Å²) in [7, 11) is 2.25. The van der Waals surface area contributed by atoms with Crippen LogP contribution in [0, 0.1) is 5.92 Å². The van der Waals surface area contributed by atoms with Gasteiger partial charge in [-0.15, -0.1) is 0 Å². The molecule has 2 aromatic carbocycles. The van der Waals surface area contributed by atoms with Crippen LogP contribution in [-0.2, 0) is 17.8 Å². The Morgan fingerprint density at radius 2 is 2.07 bits per heavy atom. The minimum absolute atomic E-state index is 0.311. The molecule has 1 amide bonds. The topological polar surface area (TPSA) is 57.4 Å².